The van der Waals surface area contributed by atoms with E-state index < -0.39 is 5.97 Å². The summed E-state index contributed by atoms with van der Waals surface area (Å²) >= 11 is 1.52. The Balaban J connectivity index is 1.84. The molecule has 0 aliphatic carbocycles. The third kappa shape index (κ3) is 5.53. The number of benzene rings is 1. The molecule has 8 heteroatoms. The van der Waals surface area contributed by atoms with Crippen LogP contribution in [0.2, 0.25) is 0 Å². The van der Waals surface area contributed by atoms with Crippen LogP contribution < -0.4 is 5.32 Å². The molecule has 1 atom stereocenters. The highest BCUT2D eigenvalue weighted by Crippen LogP contribution is 2.21. The summed E-state index contributed by atoms with van der Waals surface area (Å²) in [7, 11) is 1.70. The minimum absolute atomic E-state index is 0.0494. The third-order valence-corrected chi connectivity index (χ3v) is 4.78. The molecular formula is C18H23N3O4S. The number of nitrogens with one attached hydrogen (secondary N) is 1. The van der Waals surface area contributed by atoms with E-state index in [2.05, 4.69) is 10.3 Å². The van der Waals surface area contributed by atoms with Gasteiger partial charge in [-0.3, -0.25) is 0 Å². The van der Waals surface area contributed by atoms with E-state index in [9.17, 15) is 9.59 Å². The number of carbonyl (C=O) groups excluding carboxylic acids is 1. The van der Waals surface area contributed by atoms with Crippen LogP contribution in [0.1, 0.15) is 46.6 Å². The molecule has 0 radical (unpaired) electrons. The molecule has 0 saturated heterocycles. The zero-order valence-electron chi connectivity index (χ0n) is 15.1. The Morgan fingerprint density at radius 3 is 2.65 bits per heavy atom. The van der Waals surface area contributed by atoms with Crippen molar-refractivity contribution in [1.29, 1.82) is 0 Å². The van der Waals surface area contributed by atoms with E-state index in [0.29, 0.717) is 19.7 Å². The number of hydrogen-bond donors (Lipinski definition) is 2. The van der Waals surface area contributed by atoms with E-state index in [4.69, 9.17) is 9.84 Å². The second-order valence-electron chi connectivity index (χ2n) is 5.79. The Kier molecular flexibility index (Phi) is 7.11. The topological polar surface area (TPSA) is 91.8 Å². The van der Waals surface area contributed by atoms with Crippen LogP contribution in [-0.2, 0) is 17.8 Å². The van der Waals surface area contributed by atoms with Gasteiger partial charge >= 0.3 is 12.0 Å². The Morgan fingerprint density at radius 1 is 1.35 bits per heavy atom. The number of aromatic carboxylic acids is 1. The van der Waals surface area contributed by atoms with E-state index in [1.165, 1.54) is 23.5 Å². The van der Waals surface area contributed by atoms with E-state index in [0.717, 1.165) is 16.3 Å². The Bertz CT molecular complexity index is 745. The minimum atomic E-state index is -0.971. The number of hydrogen-bond acceptors (Lipinski definition) is 5. The number of thiazole rings is 1. The molecule has 1 aromatic carbocycles. The molecule has 2 N–H and O–H groups in total. The van der Waals surface area contributed by atoms with Gasteiger partial charge < -0.3 is 20.1 Å². The number of amides is 2. The molecule has 0 bridgehead atoms. The first-order chi connectivity index (χ1) is 12.4. The van der Waals surface area contributed by atoms with Gasteiger partial charge in [-0.1, -0.05) is 12.1 Å². The van der Waals surface area contributed by atoms with E-state index in [1.54, 1.807) is 24.1 Å². The molecule has 2 rings (SSSR count). The van der Waals surface area contributed by atoms with Gasteiger partial charge in [-0.15, -0.1) is 11.3 Å². The Hall–Kier alpha value is -2.45. The zero-order valence-corrected chi connectivity index (χ0v) is 15.9. The summed E-state index contributed by atoms with van der Waals surface area (Å²) in [6.07, 6.45) is -0.0494. The normalized spacial score (nSPS) is 11.8. The molecule has 0 fully saturated rings. The number of ether oxygens (including phenoxy) is 1. The SMILES string of the molecule is CCOC(C)c1nc(CN(C)C(=O)NCc2ccc(C(=O)O)cc2)cs1. The second-order valence-corrected chi connectivity index (χ2v) is 6.68. The molecule has 1 unspecified atom stereocenters. The largest absolute Gasteiger partial charge is 0.478 e. The van der Waals surface area contributed by atoms with Crippen molar-refractivity contribution in [2.75, 3.05) is 13.7 Å². The number of carboxylic acid groups (broad SMARTS) is 1. The van der Waals surface area contributed by atoms with Gasteiger partial charge in [0.05, 0.1) is 17.8 Å². The second kappa shape index (κ2) is 9.30. The van der Waals surface area contributed by atoms with Crippen molar-refractivity contribution in [3.63, 3.8) is 0 Å². The average molecular weight is 377 g/mol. The third-order valence-electron chi connectivity index (χ3n) is 3.72. The van der Waals surface area contributed by atoms with Gasteiger partial charge in [-0.05, 0) is 31.5 Å². The molecule has 0 spiro atoms. The maximum absolute atomic E-state index is 12.2. The lowest BCUT2D eigenvalue weighted by Gasteiger charge is -2.17. The van der Waals surface area contributed by atoms with Gasteiger partial charge in [0.25, 0.3) is 0 Å². The molecular weight excluding hydrogens is 354 g/mol. The van der Waals surface area contributed by atoms with Crippen molar-refractivity contribution >= 4 is 23.3 Å². The molecule has 2 aromatic rings. The van der Waals surface area contributed by atoms with Crippen molar-refractivity contribution in [3.8, 4) is 0 Å². The lowest BCUT2D eigenvalue weighted by Crippen LogP contribution is -2.36. The van der Waals surface area contributed by atoms with Crippen LogP contribution in [0.3, 0.4) is 0 Å². The first kappa shape index (κ1) is 19.9. The van der Waals surface area contributed by atoms with E-state index >= 15 is 0 Å². The summed E-state index contributed by atoms with van der Waals surface area (Å²) in [6.45, 7) is 5.26. The predicted molar refractivity (Wildman–Crippen MR) is 99.3 cm³/mol. The Labute approximate surface area is 156 Å². The molecule has 7 nitrogen and oxygen atoms in total. The fourth-order valence-corrected chi connectivity index (χ4v) is 3.11. The van der Waals surface area contributed by atoms with Crippen LogP contribution in [0.15, 0.2) is 29.6 Å². The van der Waals surface area contributed by atoms with Crippen molar-refractivity contribution in [3.05, 3.63) is 51.5 Å². The highest BCUT2D eigenvalue weighted by molar-refractivity contribution is 7.09. The average Bonchev–Trinajstić information content (AvgIpc) is 3.08. The number of carbonyl (C=O) groups is 2. The summed E-state index contributed by atoms with van der Waals surface area (Å²) in [5.74, 6) is -0.971. The standard InChI is InChI=1S/C18H23N3O4S/c1-4-25-12(2)16-20-15(11-26-16)10-21(3)18(24)19-9-13-5-7-14(8-6-13)17(22)23/h5-8,11-12H,4,9-10H2,1-3H3,(H,19,24)(H,22,23). The van der Waals surface area contributed by atoms with Gasteiger partial charge in [0.2, 0.25) is 0 Å². The summed E-state index contributed by atoms with van der Waals surface area (Å²) in [6, 6.07) is 6.19. The highest BCUT2D eigenvalue weighted by Gasteiger charge is 2.14. The van der Waals surface area contributed by atoms with Crippen molar-refractivity contribution < 1.29 is 19.4 Å². The van der Waals surface area contributed by atoms with Crippen molar-refractivity contribution in [2.24, 2.45) is 0 Å². The number of nitrogens with zero attached hydrogens (tertiary/aromatic N) is 2. The predicted octanol–water partition coefficient (Wildman–Crippen LogP) is 3.28. The van der Waals surface area contributed by atoms with Gasteiger partial charge in [0.15, 0.2) is 0 Å². The van der Waals surface area contributed by atoms with Gasteiger partial charge in [-0.2, -0.15) is 0 Å². The summed E-state index contributed by atoms with van der Waals surface area (Å²) in [5.41, 5.74) is 1.87. The Morgan fingerprint density at radius 2 is 2.04 bits per heavy atom. The summed E-state index contributed by atoms with van der Waals surface area (Å²) < 4.78 is 5.52. The minimum Gasteiger partial charge on any atom is -0.478 e. The smallest absolute Gasteiger partial charge is 0.335 e. The van der Waals surface area contributed by atoms with Crippen molar-refractivity contribution in [1.82, 2.24) is 15.2 Å². The molecule has 1 heterocycles. The molecule has 2 amide bonds. The number of urea groups is 1. The van der Waals surface area contributed by atoms with Gasteiger partial charge in [-0.25, -0.2) is 14.6 Å². The number of carboxylic acids is 1. The van der Waals surface area contributed by atoms with Crippen LogP contribution in [0.25, 0.3) is 0 Å². The number of aromatic nitrogens is 1. The fourth-order valence-electron chi connectivity index (χ4n) is 2.30. The zero-order chi connectivity index (χ0) is 19.1. The molecule has 0 saturated carbocycles. The van der Waals surface area contributed by atoms with Crippen LogP contribution in [0, 0.1) is 0 Å². The van der Waals surface area contributed by atoms with E-state index in [-0.39, 0.29) is 17.7 Å². The first-order valence-electron chi connectivity index (χ1n) is 8.27. The summed E-state index contributed by atoms with van der Waals surface area (Å²) in [5, 5.41) is 14.5. The van der Waals surface area contributed by atoms with Gasteiger partial charge in [0.1, 0.15) is 11.1 Å². The number of rotatable bonds is 8. The van der Waals surface area contributed by atoms with E-state index in [1.807, 2.05) is 19.2 Å². The summed E-state index contributed by atoms with van der Waals surface area (Å²) in [4.78, 5) is 29.1. The molecule has 26 heavy (non-hydrogen) atoms. The van der Waals surface area contributed by atoms with Crippen LogP contribution in [0.5, 0.6) is 0 Å². The van der Waals surface area contributed by atoms with Gasteiger partial charge in [0, 0.05) is 25.6 Å². The van der Waals surface area contributed by atoms with Crippen LogP contribution in [-0.4, -0.2) is 40.6 Å². The lowest BCUT2D eigenvalue weighted by molar-refractivity contribution is 0.0696. The maximum atomic E-state index is 12.2. The van der Waals surface area contributed by atoms with Crippen LogP contribution in [0.4, 0.5) is 4.79 Å². The molecule has 140 valence electrons. The lowest BCUT2D eigenvalue weighted by atomic mass is 10.1. The first-order valence-corrected chi connectivity index (χ1v) is 9.15. The molecule has 0 aliphatic heterocycles. The maximum Gasteiger partial charge on any atom is 0.335 e. The quantitative estimate of drug-likeness (QED) is 0.737. The highest BCUT2D eigenvalue weighted by atomic mass is 32.1. The molecule has 1 aromatic heterocycles. The fraction of sp³-hybridized carbons (Fsp3) is 0.389. The van der Waals surface area contributed by atoms with Crippen LogP contribution >= 0.6 is 11.3 Å². The monoisotopic (exact) mass is 377 g/mol. The van der Waals surface area contributed by atoms with Crippen molar-refractivity contribution in [2.45, 2.75) is 33.0 Å². The molecule has 0 aliphatic rings.